The largest absolute Gasteiger partial charge is 0.462 e. The van der Waals surface area contributed by atoms with Crippen LogP contribution in [0.25, 0.3) is 0 Å². The Kier molecular flexibility index (Phi) is 7.79. The molecular formula is C20H25NO5S. The molecule has 1 heterocycles. The van der Waals surface area contributed by atoms with Crippen LogP contribution in [0, 0.1) is 5.92 Å². The number of ether oxygens (including phenoxy) is 2. The highest BCUT2D eigenvalue weighted by Crippen LogP contribution is 2.40. The highest BCUT2D eigenvalue weighted by Gasteiger charge is 2.29. The van der Waals surface area contributed by atoms with Gasteiger partial charge in [0.15, 0.2) is 6.61 Å². The van der Waals surface area contributed by atoms with E-state index in [0.717, 1.165) is 29.7 Å². The molecule has 1 aromatic rings. The third-order valence-corrected chi connectivity index (χ3v) is 5.30. The number of esters is 2. The third-order valence-electron chi connectivity index (χ3n) is 4.13. The average molecular weight is 391 g/mol. The lowest BCUT2D eigenvalue weighted by Crippen LogP contribution is -2.21. The van der Waals surface area contributed by atoms with E-state index in [1.807, 2.05) is 6.92 Å². The fraction of sp³-hybridized carbons (Fsp3) is 0.450. The van der Waals surface area contributed by atoms with Crippen LogP contribution in [0.1, 0.15) is 48.0 Å². The Hall–Kier alpha value is -2.41. The molecule has 0 fully saturated rings. The lowest BCUT2D eigenvalue weighted by molar-refractivity contribution is -0.142. The number of amides is 1. The molecule has 0 unspecified atom stereocenters. The van der Waals surface area contributed by atoms with Gasteiger partial charge in [0, 0.05) is 11.0 Å². The second-order valence-corrected chi connectivity index (χ2v) is 7.42. The van der Waals surface area contributed by atoms with Crippen molar-refractivity contribution in [2.75, 3.05) is 18.5 Å². The predicted molar refractivity (Wildman–Crippen MR) is 105 cm³/mol. The zero-order valence-corrected chi connectivity index (χ0v) is 16.7. The Morgan fingerprint density at radius 1 is 1.26 bits per heavy atom. The van der Waals surface area contributed by atoms with Crippen LogP contribution in [0.4, 0.5) is 5.00 Å². The number of fused-ring (bicyclic) bond motifs is 1. The minimum absolute atomic E-state index is 0.267. The van der Waals surface area contributed by atoms with Gasteiger partial charge >= 0.3 is 11.9 Å². The topological polar surface area (TPSA) is 81.7 Å². The van der Waals surface area contributed by atoms with Crippen LogP contribution in [0.3, 0.4) is 0 Å². The maximum atomic E-state index is 12.4. The average Bonchev–Trinajstić information content (AvgIpc) is 2.97. The van der Waals surface area contributed by atoms with Gasteiger partial charge in [-0.1, -0.05) is 25.2 Å². The van der Waals surface area contributed by atoms with Crippen LogP contribution in [0.5, 0.6) is 0 Å². The van der Waals surface area contributed by atoms with E-state index in [1.54, 1.807) is 19.1 Å². The molecule has 0 spiro atoms. The third kappa shape index (κ3) is 5.79. The first-order chi connectivity index (χ1) is 13.0. The molecule has 146 valence electrons. The molecule has 7 heteroatoms. The summed E-state index contributed by atoms with van der Waals surface area (Å²) in [7, 11) is 0. The van der Waals surface area contributed by atoms with Crippen molar-refractivity contribution in [3.8, 4) is 0 Å². The first-order valence-corrected chi connectivity index (χ1v) is 9.85. The number of rotatable bonds is 7. The molecule has 0 saturated heterocycles. The molecule has 2 rings (SSSR count). The maximum Gasteiger partial charge on any atom is 0.341 e. The Labute approximate surface area is 163 Å². The van der Waals surface area contributed by atoms with Gasteiger partial charge in [0.25, 0.3) is 5.91 Å². The molecule has 0 aromatic carbocycles. The van der Waals surface area contributed by atoms with Crippen molar-refractivity contribution >= 4 is 34.2 Å². The number of carbonyl (C=O) groups excluding carboxylic acids is 3. The number of carbonyl (C=O) groups is 3. The zero-order chi connectivity index (χ0) is 19.8. The van der Waals surface area contributed by atoms with Crippen LogP contribution < -0.4 is 5.32 Å². The molecule has 6 nitrogen and oxygen atoms in total. The van der Waals surface area contributed by atoms with E-state index in [9.17, 15) is 14.4 Å². The number of thiophene rings is 1. The summed E-state index contributed by atoms with van der Waals surface area (Å²) in [6.07, 6.45) is 8.90. The summed E-state index contributed by atoms with van der Waals surface area (Å²) in [6, 6.07) is 0. The highest BCUT2D eigenvalue weighted by atomic mass is 32.1. The van der Waals surface area contributed by atoms with Gasteiger partial charge in [0.05, 0.1) is 12.2 Å². The Bertz CT molecular complexity index is 763. The van der Waals surface area contributed by atoms with Crippen molar-refractivity contribution in [2.24, 2.45) is 5.92 Å². The summed E-state index contributed by atoms with van der Waals surface area (Å²) < 4.78 is 10.1. The van der Waals surface area contributed by atoms with Crippen molar-refractivity contribution in [2.45, 2.75) is 40.0 Å². The number of hydrogen-bond acceptors (Lipinski definition) is 6. The molecule has 1 aliphatic carbocycles. The van der Waals surface area contributed by atoms with E-state index in [-0.39, 0.29) is 6.61 Å². The quantitative estimate of drug-likeness (QED) is 0.436. The van der Waals surface area contributed by atoms with E-state index in [1.165, 1.54) is 23.5 Å². The molecule has 0 radical (unpaired) electrons. The number of anilines is 1. The second kappa shape index (κ2) is 10.1. The van der Waals surface area contributed by atoms with Crippen molar-refractivity contribution in [3.05, 3.63) is 40.3 Å². The van der Waals surface area contributed by atoms with Crippen molar-refractivity contribution in [1.82, 2.24) is 0 Å². The minimum atomic E-state index is -0.604. The van der Waals surface area contributed by atoms with Crippen LogP contribution in [-0.2, 0) is 31.9 Å². The maximum absolute atomic E-state index is 12.4. The first-order valence-electron chi connectivity index (χ1n) is 9.03. The molecule has 1 amide bonds. The van der Waals surface area contributed by atoms with E-state index >= 15 is 0 Å². The Balaban J connectivity index is 2.09. The van der Waals surface area contributed by atoms with Gasteiger partial charge in [0.2, 0.25) is 0 Å². The highest BCUT2D eigenvalue weighted by molar-refractivity contribution is 7.17. The van der Waals surface area contributed by atoms with Gasteiger partial charge in [0.1, 0.15) is 5.00 Å². The zero-order valence-electron chi connectivity index (χ0n) is 15.9. The summed E-state index contributed by atoms with van der Waals surface area (Å²) in [5.41, 5.74) is 1.41. The van der Waals surface area contributed by atoms with Crippen molar-refractivity contribution in [3.63, 3.8) is 0 Å². The van der Waals surface area contributed by atoms with Gasteiger partial charge in [-0.05, 0) is 44.6 Å². The standard InChI is InChI=1S/C20H25NO5S/c1-4-6-7-8-17(23)26-12-16(22)21-19-18(20(24)25-5-2)14-10-9-13(3)11-15(14)27-19/h4,6-8,13H,5,9-12H2,1-3H3,(H,21,22)/b6-4+,8-7+/t13-/m0/s1. The Morgan fingerprint density at radius 2 is 2.04 bits per heavy atom. The molecule has 1 atom stereocenters. The molecule has 1 N–H and O–H groups in total. The van der Waals surface area contributed by atoms with Crippen molar-refractivity contribution in [1.29, 1.82) is 0 Å². The van der Waals surface area contributed by atoms with Crippen LogP contribution in [-0.4, -0.2) is 31.1 Å². The van der Waals surface area contributed by atoms with Gasteiger partial charge in [-0.3, -0.25) is 4.79 Å². The fourth-order valence-electron chi connectivity index (χ4n) is 2.85. The fourth-order valence-corrected chi connectivity index (χ4v) is 4.27. The summed E-state index contributed by atoms with van der Waals surface area (Å²) in [5.74, 6) is -0.973. The summed E-state index contributed by atoms with van der Waals surface area (Å²) in [5, 5.41) is 3.18. The smallest absolute Gasteiger partial charge is 0.341 e. The minimum Gasteiger partial charge on any atom is -0.462 e. The second-order valence-electron chi connectivity index (χ2n) is 6.32. The van der Waals surface area contributed by atoms with Gasteiger partial charge in [-0.2, -0.15) is 0 Å². The summed E-state index contributed by atoms with van der Waals surface area (Å²) >= 11 is 1.40. The molecule has 27 heavy (non-hydrogen) atoms. The lowest BCUT2D eigenvalue weighted by atomic mass is 9.88. The van der Waals surface area contributed by atoms with Crippen LogP contribution >= 0.6 is 11.3 Å². The normalized spacial score (nSPS) is 16.3. The van der Waals surface area contributed by atoms with Gasteiger partial charge < -0.3 is 14.8 Å². The van der Waals surface area contributed by atoms with E-state index in [0.29, 0.717) is 16.5 Å². The van der Waals surface area contributed by atoms with Gasteiger partial charge in [-0.25, -0.2) is 9.59 Å². The summed E-state index contributed by atoms with van der Waals surface area (Å²) in [6.45, 7) is 5.60. The Morgan fingerprint density at radius 3 is 2.74 bits per heavy atom. The van der Waals surface area contributed by atoms with E-state index in [4.69, 9.17) is 9.47 Å². The molecular weight excluding hydrogens is 366 g/mol. The number of allylic oxidation sites excluding steroid dienone is 3. The number of hydrogen-bond donors (Lipinski definition) is 1. The number of nitrogens with one attached hydrogen (secondary N) is 1. The lowest BCUT2D eigenvalue weighted by Gasteiger charge is -2.18. The molecule has 1 aliphatic rings. The van der Waals surface area contributed by atoms with E-state index < -0.39 is 24.5 Å². The molecule has 0 bridgehead atoms. The van der Waals surface area contributed by atoms with Crippen LogP contribution in [0.15, 0.2) is 24.3 Å². The SMILES string of the molecule is C/C=C/C=C/C(=O)OCC(=O)Nc1sc2c(c1C(=O)OCC)CC[C@H](C)C2. The van der Waals surface area contributed by atoms with Crippen molar-refractivity contribution < 1.29 is 23.9 Å². The monoisotopic (exact) mass is 391 g/mol. The molecule has 0 saturated carbocycles. The summed E-state index contributed by atoms with van der Waals surface area (Å²) in [4.78, 5) is 37.2. The van der Waals surface area contributed by atoms with Crippen LogP contribution in [0.2, 0.25) is 0 Å². The van der Waals surface area contributed by atoms with E-state index in [2.05, 4.69) is 12.2 Å². The molecule has 0 aliphatic heterocycles. The predicted octanol–water partition coefficient (Wildman–Crippen LogP) is 3.66. The molecule has 1 aromatic heterocycles. The first kappa shape index (κ1) is 20.9. The van der Waals surface area contributed by atoms with Gasteiger partial charge in [-0.15, -0.1) is 11.3 Å².